The molecule has 1 aromatic rings. The molecule has 2 rings (SSSR count). The lowest BCUT2D eigenvalue weighted by Gasteiger charge is -2.29. The SMILES string of the molecule is Cc1cc(C)c(NC(=O)CNC(=O)COC(=O)C2CCN(/C=C/C(=O)C(F)(F)F)CC2)c(C)c1. The van der Waals surface area contributed by atoms with Crippen LogP contribution in [-0.4, -0.2) is 60.9 Å². The fourth-order valence-corrected chi connectivity index (χ4v) is 3.60. The number of nitrogens with zero attached hydrogens (tertiary/aromatic N) is 1. The van der Waals surface area contributed by atoms with Crippen molar-refractivity contribution in [3.05, 3.63) is 41.1 Å². The largest absolute Gasteiger partial charge is 0.455 e. The number of aryl methyl sites for hydroxylation is 3. The number of carbonyl (C=O) groups is 4. The van der Waals surface area contributed by atoms with Crippen molar-refractivity contribution in [2.45, 2.75) is 39.8 Å². The lowest BCUT2D eigenvalue weighted by molar-refractivity contribution is -0.165. The van der Waals surface area contributed by atoms with Gasteiger partial charge < -0.3 is 20.3 Å². The molecule has 0 unspecified atom stereocenters. The molecule has 2 N–H and O–H groups in total. The molecule has 1 aliphatic rings. The molecule has 1 saturated heterocycles. The van der Waals surface area contributed by atoms with E-state index < -0.39 is 42.3 Å². The lowest BCUT2D eigenvalue weighted by Crippen LogP contribution is -2.38. The van der Waals surface area contributed by atoms with E-state index in [4.69, 9.17) is 4.74 Å². The Hall–Kier alpha value is -3.37. The summed E-state index contributed by atoms with van der Waals surface area (Å²) in [7, 11) is 0. The van der Waals surface area contributed by atoms with Crippen LogP contribution in [0.1, 0.15) is 29.5 Å². The summed E-state index contributed by atoms with van der Waals surface area (Å²) in [6.45, 7) is 5.40. The molecule has 1 aliphatic heterocycles. The van der Waals surface area contributed by atoms with Crippen molar-refractivity contribution in [1.82, 2.24) is 10.2 Å². The molecule has 11 heteroatoms. The van der Waals surface area contributed by atoms with Crippen molar-refractivity contribution in [2.24, 2.45) is 5.92 Å². The number of halogens is 3. The third-order valence-corrected chi connectivity index (χ3v) is 5.31. The van der Waals surface area contributed by atoms with E-state index >= 15 is 0 Å². The van der Waals surface area contributed by atoms with Gasteiger partial charge in [-0.15, -0.1) is 0 Å². The third kappa shape index (κ3) is 8.20. The molecule has 0 radical (unpaired) electrons. The summed E-state index contributed by atoms with van der Waals surface area (Å²) >= 11 is 0. The minimum Gasteiger partial charge on any atom is -0.455 e. The first kappa shape index (κ1) is 26.9. The van der Waals surface area contributed by atoms with E-state index in [-0.39, 0.29) is 19.6 Å². The van der Waals surface area contributed by atoms with Gasteiger partial charge >= 0.3 is 12.1 Å². The van der Waals surface area contributed by atoms with E-state index in [1.165, 1.54) is 4.90 Å². The van der Waals surface area contributed by atoms with Gasteiger partial charge in [0.25, 0.3) is 11.7 Å². The van der Waals surface area contributed by atoms with E-state index in [9.17, 15) is 32.3 Å². The van der Waals surface area contributed by atoms with Crippen LogP contribution in [0.2, 0.25) is 0 Å². The zero-order valence-electron chi connectivity index (χ0n) is 19.3. The highest BCUT2D eigenvalue weighted by atomic mass is 19.4. The number of hydrogen-bond acceptors (Lipinski definition) is 6. The minimum atomic E-state index is -4.92. The van der Waals surface area contributed by atoms with Gasteiger partial charge in [0, 0.05) is 31.1 Å². The zero-order valence-corrected chi connectivity index (χ0v) is 19.3. The standard InChI is InChI=1S/C23H28F3N3O5/c1-14-10-15(2)21(16(3)11-14)28-19(31)12-27-20(32)13-34-22(33)17-4-7-29(8-5-17)9-6-18(30)23(24,25)26/h6,9-11,17H,4-5,7-8,12-13H2,1-3H3,(H,27,32)(H,28,31)/b9-6+. The predicted molar refractivity (Wildman–Crippen MR) is 118 cm³/mol. The maximum Gasteiger partial charge on any atom is 0.454 e. The number of esters is 1. The Labute approximate surface area is 195 Å². The second kappa shape index (κ2) is 11.7. The Bertz CT molecular complexity index is 944. The van der Waals surface area contributed by atoms with Crippen LogP contribution in [-0.2, 0) is 23.9 Å². The maximum absolute atomic E-state index is 12.2. The Balaban J connectivity index is 1.69. The molecule has 2 amide bonds. The van der Waals surface area contributed by atoms with E-state index in [0.29, 0.717) is 24.6 Å². The van der Waals surface area contributed by atoms with Crippen LogP contribution in [0.25, 0.3) is 0 Å². The number of anilines is 1. The molecule has 0 atom stereocenters. The summed E-state index contributed by atoms with van der Waals surface area (Å²) < 4.78 is 41.7. The molecule has 1 heterocycles. The Kier molecular flexibility index (Phi) is 9.22. The fraction of sp³-hybridized carbons (Fsp3) is 0.478. The second-order valence-electron chi connectivity index (χ2n) is 8.19. The number of piperidine rings is 1. The molecule has 0 spiro atoms. The first-order valence-corrected chi connectivity index (χ1v) is 10.7. The van der Waals surface area contributed by atoms with Crippen LogP contribution in [0.3, 0.4) is 0 Å². The number of hydrogen-bond donors (Lipinski definition) is 2. The quantitative estimate of drug-likeness (QED) is 0.435. The van der Waals surface area contributed by atoms with Crippen LogP contribution in [0.15, 0.2) is 24.4 Å². The Morgan fingerprint density at radius 2 is 1.65 bits per heavy atom. The maximum atomic E-state index is 12.2. The summed E-state index contributed by atoms with van der Waals surface area (Å²) in [5.41, 5.74) is 3.56. The summed E-state index contributed by atoms with van der Waals surface area (Å²) in [5.74, 6) is -4.10. The number of carbonyl (C=O) groups excluding carboxylic acids is 4. The van der Waals surface area contributed by atoms with Crippen molar-refractivity contribution in [3.8, 4) is 0 Å². The highest BCUT2D eigenvalue weighted by Crippen LogP contribution is 2.22. The predicted octanol–water partition coefficient (Wildman–Crippen LogP) is 2.57. The highest BCUT2D eigenvalue weighted by Gasteiger charge is 2.36. The minimum absolute atomic E-state index is 0.269. The summed E-state index contributed by atoms with van der Waals surface area (Å²) in [4.78, 5) is 48.6. The summed E-state index contributed by atoms with van der Waals surface area (Å²) in [5, 5.41) is 5.14. The summed E-state index contributed by atoms with van der Waals surface area (Å²) in [6.07, 6.45) is -2.78. The number of ketones is 1. The number of alkyl halides is 3. The number of likely N-dealkylation sites (tertiary alicyclic amines) is 1. The molecule has 1 aromatic carbocycles. The van der Waals surface area contributed by atoms with Gasteiger partial charge in [0.05, 0.1) is 12.5 Å². The number of benzene rings is 1. The molecule has 0 aromatic heterocycles. The van der Waals surface area contributed by atoms with Crippen LogP contribution < -0.4 is 10.6 Å². The van der Waals surface area contributed by atoms with E-state index in [0.717, 1.165) is 22.9 Å². The molecule has 0 saturated carbocycles. The van der Waals surface area contributed by atoms with Gasteiger partial charge in [0.2, 0.25) is 5.91 Å². The Morgan fingerprint density at radius 1 is 1.06 bits per heavy atom. The van der Waals surface area contributed by atoms with Crippen molar-refractivity contribution in [1.29, 1.82) is 0 Å². The molecular formula is C23H28F3N3O5. The average molecular weight is 483 g/mol. The van der Waals surface area contributed by atoms with Crippen molar-refractivity contribution < 1.29 is 37.1 Å². The van der Waals surface area contributed by atoms with Gasteiger partial charge in [0.1, 0.15) is 0 Å². The molecule has 1 fully saturated rings. The topological polar surface area (TPSA) is 105 Å². The van der Waals surface area contributed by atoms with E-state index in [1.54, 1.807) is 0 Å². The number of amides is 2. The average Bonchev–Trinajstić information content (AvgIpc) is 2.76. The summed E-state index contributed by atoms with van der Waals surface area (Å²) in [6, 6.07) is 3.87. The molecule has 186 valence electrons. The molecule has 8 nitrogen and oxygen atoms in total. The number of rotatable bonds is 8. The van der Waals surface area contributed by atoms with Crippen LogP contribution in [0, 0.1) is 26.7 Å². The van der Waals surface area contributed by atoms with Gasteiger partial charge in [-0.25, -0.2) is 0 Å². The molecule has 0 bridgehead atoms. The molecule has 0 aliphatic carbocycles. The molecular weight excluding hydrogens is 455 g/mol. The van der Waals surface area contributed by atoms with Crippen molar-refractivity contribution >= 4 is 29.3 Å². The van der Waals surface area contributed by atoms with Crippen LogP contribution >= 0.6 is 0 Å². The smallest absolute Gasteiger partial charge is 0.454 e. The monoisotopic (exact) mass is 483 g/mol. The van der Waals surface area contributed by atoms with Gasteiger partial charge in [-0.3, -0.25) is 19.2 Å². The second-order valence-corrected chi connectivity index (χ2v) is 8.19. The van der Waals surface area contributed by atoms with Gasteiger partial charge in [0.15, 0.2) is 6.61 Å². The zero-order chi connectivity index (χ0) is 25.5. The fourth-order valence-electron chi connectivity index (χ4n) is 3.60. The van der Waals surface area contributed by atoms with Crippen molar-refractivity contribution in [2.75, 3.05) is 31.6 Å². The van der Waals surface area contributed by atoms with Crippen molar-refractivity contribution in [3.63, 3.8) is 0 Å². The molecule has 34 heavy (non-hydrogen) atoms. The first-order chi connectivity index (χ1) is 15.9. The highest BCUT2D eigenvalue weighted by molar-refractivity contribution is 5.96. The van der Waals surface area contributed by atoms with Crippen LogP contribution in [0.4, 0.5) is 18.9 Å². The number of ether oxygens (including phenoxy) is 1. The lowest BCUT2D eigenvalue weighted by atomic mass is 9.97. The van der Waals surface area contributed by atoms with Gasteiger partial charge in [-0.05, 0) is 44.7 Å². The van der Waals surface area contributed by atoms with Gasteiger partial charge in [-0.1, -0.05) is 17.7 Å². The number of allylic oxidation sites excluding steroid dienone is 1. The number of nitrogens with one attached hydrogen (secondary N) is 2. The van der Waals surface area contributed by atoms with Gasteiger partial charge in [-0.2, -0.15) is 13.2 Å². The Morgan fingerprint density at radius 3 is 2.21 bits per heavy atom. The third-order valence-electron chi connectivity index (χ3n) is 5.31. The van der Waals surface area contributed by atoms with E-state index in [2.05, 4.69) is 10.6 Å². The first-order valence-electron chi connectivity index (χ1n) is 10.7. The van der Waals surface area contributed by atoms with E-state index in [1.807, 2.05) is 32.9 Å². The normalized spacial score (nSPS) is 14.7. The van der Waals surface area contributed by atoms with Crippen LogP contribution in [0.5, 0.6) is 0 Å².